The first-order valence-corrected chi connectivity index (χ1v) is 7.24. The van der Waals surface area contributed by atoms with Crippen LogP contribution in [0.2, 0.25) is 0 Å². The van der Waals surface area contributed by atoms with Crippen LogP contribution in [-0.2, 0) is 9.53 Å². The number of ether oxygens (including phenoxy) is 1. The lowest BCUT2D eigenvalue weighted by molar-refractivity contribution is -0.122. The number of halogens is 1. The van der Waals surface area contributed by atoms with Crippen LogP contribution in [0.3, 0.4) is 0 Å². The maximum Gasteiger partial charge on any atom is 0.222 e. The van der Waals surface area contributed by atoms with Crippen LogP contribution in [0.1, 0.15) is 36.1 Å². The van der Waals surface area contributed by atoms with Crippen molar-refractivity contribution in [1.29, 1.82) is 0 Å². The van der Waals surface area contributed by atoms with Crippen LogP contribution in [-0.4, -0.2) is 31.7 Å². The number of benzene rings is 1. The fourth-order valence-electron chi connectivity index (χ4n) is 2.66. The van der Waals surface area contributed by atoms with Crippen molar-refractivity contribution < 1.29 is 9.53 Å². The molecule has 1 saturated heterocycles. The van der Waals surface area contributed by atoms with Crippen LogP contribution in [0.25, 0.3) is 0 Å². The number of morpholine rings is 1. The van der Waals surface area contributed by atoms with E-state index in [0.717, 1.165) is 13.2 Å². The van der Waals surface area contributed by atoms with Crippen molar-refractivity contribution in [3.05, 3.63) is 34.9 Å². The van der Waals surface area contributed by atoms with Crippen molar-refractivity contribution in [3.63, 3.8) is 0 Å². The van der Waals surface area contributed by atoms with Crippen LogP contribution in [0.4, 0.5) is 0 Å². The Morgan fingerprint density at radius 3 is 2.86 bits per heavy atom. The molecule has 2 N–H and O–H groups in total. The highest BCUT2D eigenvalue weighted by molar-refractivity contribution is 5.85. The van der Waals surface area contributed by atoms with Crippen molar-refractivity contribution in [2.24, 2.45) is 0 Å². The number of amides is 1. The summed E-state index contributed by atoms with van der Waals surface area (Å²) in [6.07, 6.45) is 0.468. The summed E-state index contributed by atoms with van der Waals surface area (Å²) in [5, 5.41) is 6.37. The summed E-state index contributed by atoms with van der Waals surface area (Å²) in [7, 11) is 0. The highest BCUT2D eigenvalue weighted by Crippen LogP contribution is 2.18. The molecule has 2 atom stereocenters. The SMILES string of the molecule is Cc1ccc(C(C)NC(=O)CC2COCCN2)c(C)c1.Cl. The first-order chi connectivity index (χ1) is 9.56. The minimum atomic E-state index is 0. The third-order valence-electron chi connectivity index (χ3n) is 3.70. The molecule has 21 heavy (non-hydrogen) atoms. The molecule has 2 rings (SSSR count). The van der Waals surface area contributed by atoms with Gasteiger partial charge in [0.25, 0.3) is 0 Å². The van der Waals surface area contributed by atoms with Gasteiger partial charge in [0.2, 0.25) is 5.91 Å². The van der Waals surface area contributed by atoms with E-state index < -0.39 is 0 Å². The lowest BCUT2D eigenvalue weighted by Gasteiger charge is -2.24. The topological polar surface area (TPSA) is 50.4 Å². The van der Waals surface area contributed by atoms with Gasteiger partial charge in [-0.2, -0.15) is 0 Å². The van der Waals surface area contributed by atoms with Crippen LogP contribution in [0, 0.1) is 13.8 Å². The number of rotatable bonds is 4. The molecule has 1 heterocycles. The molecule has 0 aliphatic carbocycles. The largest absolute Gasteiger partial charge is 0.378 e. The molecule has 0 bridgehead atoms. The van der Waals surface area contributed by atoms with Crippen molar-refractivity contribution >= 4 is 18.3 Å². The zero-order valence-electron chi connectivity index (χ0n) is 12.9. The van der Waals surface area contributed by atoms with E-state index in [4.69, 9.17) is 4.74 Å². The second-order valence-electron chi connectivity index (χ2n) is 5.58. The second-order valence-corrected chi connectivity index (χ2v) is 5.58. The molecule has 2 unspecified atom stereocenters. The molecule has 1 aliphatic rings. The Morgan fingerprint density at radius 1 is 1.48 bits per heavy atom. The van der Waals surface area contributed by atoms with Gasteiger partial charge in [-0.25, -0.2) is 0 Å². The summed E-state index contributed by atoms with van der Waals surface area (Å²) in [4.78, 5) is 12.1. The lowest BCUT2D eigenvalue weighted by atomic mass is 10.00. The first-order valence-electron chi connectivity index (χ1n) is 7.24. The molecule has 1 amide bonds. The maximum atomic E-state index is 12.1. The van der Waals surface area contributed by atoms with E-state index in [1.807, 2.05) is 6.92 Å². The zero-order valence-corrected chi connectivity index (χ0v) is 13.8. The summed E-state index contributed by atoms with van der Waals surface area (Å²) >= 11 is 0. The predicted octanol–water partition coefficient (Wildman–Crippen LogP) is 2.28. The van der Waals surface area contributed by atoms with Gasteiger partial charge in [-0.15, -0.1) is 12.4 Å². The molecular weight excluding hydrogens is 288 g/mol. The van der Waals surface area contributed by atoms with Gasteiger partial charge in [0.1, 0.15) is 0 Å². The summed E-state index contributed by atoms with van der Waals surface area (Å²) in [5.41, 5.74) is 3.64. The molecule has 0 aromatic heterocycles. The third-order valence-corrected chi connectivity index (χ3v) is 3.70. The van der Waals surface area contributed by atoms with Crippen molar-refractivity contribution in [1.82, 2.24) is 10.6 Å². The van der Waals surface area contributed by atoms with E-state index in [2.05, 4.69) is 42.7 Å². The molecule has 4 nitrogen and oxygen atoms in total. The van der Waals surface area contributed by atoms with Crippen LogP contribution >= 0.6 is 12.4 Å². The Kier molecular flexibility index (Phi) is 7.15. The molecule has 118 valence electrons. The van der Waals surface area contributed by atoms with Gasteiger partial charge in [-0.05, 0) is 31.9 Å². The lowest BCUT2D eigenvalue weighted by Crippen LogP contribution is -2.44. The second kappa shape index (κ2) is 8.37. The standard InChI is InChI=1S/C16H24N2O2.ClH/c1-11-4-5-15(12(2)8-11)13(3)18-16(19)9-14-10-20-7-6-17-14;/h4-5,8,13-14,17H,6-7,9-10H2,1-3H3,(H,18,19);1H. The van der Waals surface area contributed by atoms with E-state index in [0.29, 0.717) is 13.0 Å². The van der Waals surface area contributed by atoms with E-state index >= 15 is 0 Å². The number of hydrogen-bond acceptors (Lipinski definition) is 3. The molecule has 0 spiro atoms. The number of aryl methyl sites for hydroxylation is 2. The van der Waals surface area contributed by atoms with Gasteiger partial charge in [0, 0.05) is 19.0 Å². The van der Waals surface area contributed by atoms with Crippen LogP contribution in [0.15, 0.2) is 18.2 Å². The summed E-state index contributed by atoms with van der Waals surface area (Å²) < 4.78 is 5.36. The van der Waals surface area contributed by atoms with E-state index in [1.165, 1.54) is 16.7 Å². The molecule has 0 radical (unpaired) electrons. The van der Waals surface area contributed by atoms with Crippen molar-refractivity contribution in [2.45, 2.75) is 39.3 Å². The average molecular weight is 313 g/mol. The molecule has 1 aromatic rings. The number of hydrogen-bond donors (Lipinski definition) is 2. The third kappa shape index (κ3) is 5.30. The Hall–Kier alpha value is -1.10. The van der Waals surface area contributed by atoms with Gasteiger partial charge in [-0.3, -0.25) is 4.79 Å². The first kappa shape index (κ1) is 18.0. The van der Waals surface area contributed by atoms with E-state index in [1.54, 1.807) is 0 Å². The van der Waals surface area contributed by atoms with Crippen molar-refractivity contribution in [2.75, 3.05) is 19.8 Å². The predicted molar refractivity (Wildman–Crippen MR) is 86.9 cm³/mol. The monoisotopic (exact) mass is 312 g/mol. The Morgan fingerprint density at radius 2 is 2.24 bits per heavy atom. The minimum Gasteiger partial charge on any atom is -0.378 e. The zero-order chi connectivity index (χ0) is 14.5. The van der Waals surface area contributed by atoms with Gasteiger partial charge < -0.3 is 15.4 Å². The fraction of sp³-hybridized carbons (Fsp3) is 0.562. The molecule has 1 aliphatic heterocycles. The van der Waals surface area contributed by atoms with Crippen LogP contribution in [0.5, 0.6) is 0 Å². The van der Waals surface area contributed by atoms with Gasteiger partial charge in [0.15, 0.2) is 0 Å². The summed E-state index contributed by atoms with van der Waals surface area (Å²) in [6.45, 7) is 8.36. The number of nitrogens with one attached hydrogen (secondary N) is 2. The Balaban J connectivity index is 0.00000220. The molecule has 5 heteroatoms. The Bertz CT molecular complexity index is 473. The average Bonchev–Trinajstić information content (AvgIpc) is 2.39. The highest BCUT2D eigenvalue weighted by Gasteiger charge is 2.18. The Labute approximate surface area is 133 Å². The summed E-state index contributed by atoms with van der Waals surface area (Å²) in [6, 6.07) is 6.50. The van der Waals surface area contributed by atoms with Crippen LogP contribution < -0.4 is 10.6 Å². The smallest absolute Gasteiger partial charge is 0.222 e. The molecule has 1 fully saturated rings. The van der Waals surface area contributed by atoms with Gasteiger partial charge in [-0.1, -0.05) is 23.8 Å². The van der Waals surface area contributed by atoms with Crippen molar-refractivity contribution in [3.8, 4) is 0 Å². The molecule has 0 saturated carbocycles. The minimum absolute atomic E-state index is 0. The van der Waals surface area contributed by atoms with Gasteiger partial charge >= 0.3 is 0 Å². The quantitative estimate of drug-likeness (QED) is 0.897. The summed E-state index contributed by atoms with van der Waals surface area (Å²) in [5.74, 6) is 0.0699. The molecule has 1 aromatic carbocycles. The normalized spacial score (nSPS) is 19.5. The number of carbonyl (C=O) groups is 1. The number of carbonyl (C=O) groups excluding carboxylic acids is 1. The van der Waals surface area contributed by atoms with E-state index in [9.17, 15) is 4.79 Å². The maximum absolute atomic E-state index is 12.1. The fourth-order valence-corrected chi connectivity index (χ4v) is 2.66. The molecular formula is C16H25ClN2O2. The van der Waals surface area contributed by atoms with Gasteiger partial charge in [0.05, 0.1) is 19.3 Å². The highest BCUT2D eigenvalue weighted by atomic mass is 35.5. The van der Waals surface area contributed by atoms with E-state index in [-0.39, 0.29) is 30.4 Å².